The molecular formula is C27H29F2N7O3S. The minimum atomic E-state index is -3.80. The summed E-state index contributed by atoms with van der Waals surface area (Å²) in [5.41, 5.74) is 1.32. The number of nitrogens with zero attached hydrogens (tertiary/aromatic N) is 4. The molecule has 0 aliphatic carbocycles. The number of para-hydroxylation sites is 1. The Kier molecular flexibility index (Phi) is 7.53. The van der Waals surface area contributed by atoms with Gasteiger partial charge in [0.25, 0.3) is 0 Å². The number of piperazine rings is 1. The van der Waals surface area contributed by atoms with E-state index in [4.69, 9.17) is 0 Å². The second-order valence-electron chi connectivity index (χ2n) is 9.84. The highest BCUT2D eigenvalue weighted by Gasteiger charge is 2.25. The number of aromatic amines is 1. The fraction of sp³-hybridized carbons (Fsp3) is 0.296. The first-order chi connectivity index (χ1) is 19.0. The Bertz CT molecular complexity index is 1680. The number of carbonyl (C=O) groups is 1. The first-order valence-corrected chi connectivity index (χ1v) is 14.5. The molecule has 0 unspecified atom stereocenters. The molecule has 0 spiro atoms. The highest BCUT2D eigenvalue weighted by Crippen LogP contribution is 2.34. The van der Waals surface area contributed by atoms with Crippen LogP contribution in [0.15, 0.2) is 53.7 Å². The Morgan fingerprint density at radius 1 is 1.07 bits per heavy atom. The summed E-state index contributed by atoms with van der Waals surface area (Å²) in [5.74, 6) is -1.97. The number of rotatable bonds is 7. The number of nitrogens with one attached hydrogen (secondary N) is 3. The fourth-order valence-corrected chi connectivity index (χ4v) is 5.46. The summed E-state index contributed by atoms with van der Waals surface area (Å²) in [6.45, 7) is 5.26. The quantitative estimate of drug-likeness (QED) is 0.309. The molecule has 13 heteroatoms. The number of carbonyl (C=O) groups excluding carboxylic acids is 1. The van der Waals surface area contributed by atoms with Gasteiger partial charge in [-0.15, -0.1) is 0 Å². The number of fused-ring (bicyclic) bond motifs is 1. The smallest absolute Gasteiger partial charge is 0.241 e. The van der Waals surface area contributed by atoms with Gasteiger partial charge >= 0.3 is 0 Å². The molecule has 210 valence electrons. The number of hydrogen-bond donors (Lipinski definition) is 3. The van der Waals surface area contributed by atoms with E-state index in [0.717, 1.165) is 44.7 Å². The predicted octanol–water partition coefficient (Wildman–Crippen LogP) is 3.62. The first kappa shape index (κ1) is 27.6. The molecule has 0 saturated carbocycles. The van der Waals surface area contributed by atoms with Crippen LogP contribution in [0.3, 0.4) is 0 Å². The zero-order valence-electron chi connectivity index (χ0n) is 22.2. The molecule has 1 atom stereocenters. The normalized spacial score (nSPS) is 15.7. The van der Waals surface area contributed by atoms with Gasteiger partial charge in [0.15, 0.2) is 21.5 Å². The average molecular weight is 570 g/mol. The highest BCUT2D eigenvalue weighted by atomic mass is 32.2. The largest absolute Gasteiger partial charge is 0.359 e. The summed E-state index contributed by atoms with van der Waals surface area (Å²) < 4.78 is 53.5. The molecule has 1 amide bonds. The zero-order valence-corrected chi connectivity index (χ0v) is 23.0. The maximum absolute atomic E-state index is 15.0. The van der Waals surface area contributed by atoms with Crippen molar-refractivity contribution in [2.75, 3.05) is 50.1 Å². The molecule has 1 aliphatic rings. The zero-order chi connectivity index (χ0) is 28.6. The Labute approximate surface area is 230 Å². The van der Waals surface area contributed by atoms with Crippen LogP contribution < -0.4 is 10.6 Å². The van der Waals surface area contributed by atoms with Crippen LogP contribution in [0.25, 0.3) is 22.2 Å². The van der Waals surface area contributed by atoms with E-state index >= 15 is 0 Å². The molecule has 1 aliphatic heterocycles. The lowest BCUT2D eigenvalue weighted by Gasteiger charge is -2.35. The van der Waals surface area contributed by atoms with E-state index in [1.54, 1.807) is 24.4 Å². The summed E-state index contributed by atoms with van der Waals surface area (Å²) in [6, 6.07) is 8.82. The lowest BCUT2D eigenvalue weighted by molar-refractivity contribution is -0.121. The van der Waals surface area contributed by atoms with Crippen molar-refractivity contribution in [3.05, 3.63) is 60.4 Å². The van der Waals surface area contributed by atoms with Crippen molar-refractivity contribution >= 4 is 44.0 Å². The molecule has 5 rings (SSSR count). The Hall–Kier alpha value is -3.94. The number of amides is 1. The fourth-order valence-electron chi connectivity index (χ4n) is 4.70. The van der Waals surface area contributed by atoms with Crippen molar-refractivity contribution in [1.29, 1.82) is 0 Å². The van der Waals surface area contributed by atoms with Crippen molar-refractivity contribution in [2.45, 2.75) is 17.9 Å². The number of aromatic nitrogens is 3. The topological polar surface area (TPSA) is 123 Å². The molecule has 1 fully saturated rings. The van der Waals surface area contributed by atoms with E-state index in [9.17, 15) is 22.0 Å². The maximum Gasteiger partial charge on any atom is 0.241 e. The molecular weight excluding hydrogens is 540 g/mol. The van der Waals surface area contributed by atoms with Gasteiger partial charge in [-0.25, -0.2) is 27.2 Å². The van der Waals surface area contributed by atoms with Gasteiger partial charge < -0.3 is 20.5 Å². The Balaban J connectivity index is 1.42. The second-order valence-corrected chi connectivity index (χ2v) is 11.8. The van der Waals surface area contributed by atoms with Crippen molar-refractivity contribution in [3.8, 4) is 11.3 Å². The molecule has 0 bridgehead atoms. The standard InChI is InChI=1S/C27H29F2N7O3S/c1-16(36-12-10-35(2)11-13-36)26(37)32-21-8-4-6-17-18(14-30-25(17)21)24-19(28)15-31-27(34-24)33-20-7-5-9-22(23(20)29)40(3,38)39/h4-9,14-16,30H,10-13H2,1-3H3,(H,32,37)(H,31,33,34)/t16-/m1/s1. The highest BCUT2D eigenvalue weighted by molar-refractivity contribution is 7.90. The Morgan fingerprint density at radius 2 is 1.77 bits per heavy atom. The van der Waals surface area contributed by atoms with Crippen molar-refractivity contribution < 1.29 is 22.0 Å². The molecule has 40 heavy (non-hydrogen) atoms. The monoisotopic (exact) mass is 569 g/mol. The van der Waals surface area contributed by atoms with Gasteiger partial charge in [-0.2, -0.15) is 0 Å². The minimum Gasteiger partial charge on any atom is -0.359 e. The van der Waals surface area contributed by atoms with E-state index < -0.39 is 26.4 Å². The number of halogens is 2. The number of likely N-dealkylation sites (N-methyl/N-ethyl adjacent to an activating group) is 1. The third kappa shape index (κ3) is 5.53. The minimum absolute atomic E-state index is 0.0577. The number of sulfone groups is 1. The third-order valence-corrected chi connectivity index (χ3v) is 8.16. The van der Waals surface area contributed by atoms with Gasteiger partial charge in [-0.1, -0.05) is 18.2 Å². The maximum atomic E-state index is 15.0. The van der Waals surface area contributed by atoms with Gasteiger partial charge in [0, 0.05) is 49.6 Å². The van der Waals surface area contributed by atoms with E-state index in [1.165, 1.54) is 12.1 Å². The molecule has 0 radical (unpaired) electrons. The molecule has 3 N–H and O–H groups in total. The summed E-state index contributed by atoms with van der Waals surface area (Å²) in [5, 5.41) is 6.24. The lowest BCUT2D eigenvalue weighted by Crippen LogP contribution is -2.51. The first-order valence-electron chi connectivity index (χ1n) is 12.6. The van der Waals surface area contributed by atoms with Gasteiger partial charge in [0.05, 0.1) is 29.1 Å². The van der Waals surface area contributed by atoms with E-state index in [1.807, 2.05) is 6.92 Å². The van der Waals surface area contributed by atoms with Crippen LogP contribution in [-0.2, 0) is 14.6 Å². The summed E-state index contributed by atoms with van der Waals surface area (Å²) >= 11 is 0. The Morgan fingerprint density at radius 3 is 2.50 bits per heavy atom. The summed E-state index contributed by atoms with van der Waals surface area (Å²) in [7, 11) is -1.75. The van der Waals surface area contributed by atoms with Crippen LogP contribution in [0.1, 0.15) is 6.92 Å². The lowest BCUT2D eigenvalue weighted by atomic mass is 10.1. The van der Waals surface area contributed by atoms with Crippen LogP contribution in [0, 0.1) is 11.6 Å². The van der Waals surface area contributed by atoms with Gasteiger partial charge in [-0.3, -0.25) is 9.69 Å². The summed E-state index contributed by atoms with van der Waals surface area (Å²) in [6.07, 6.45) is 3.43. The summed E-state index contributed by atoms with van der Waals surface area (Å²) in [4.78, 5) is 28.2. The van der Waals surface area contributed by atoms with Gasteiger partial charge in [0.2, 0.25) is 11.9 Å². The van der Waals surface area contributed by atoms with Crippen molar-refractivity contribution in [3.63, 3.8) is 0 Å². The molecule has 10 nitrogen and oxygen atoms in total. The molecule has 4 aromatic rings. The van der Waals surface area contributed by atoms with E-state index in [-0.39, 0.29) is 29.3 Å². The number of hydrogen-bond acceptors (Lipinski definition) is 8. The van der Waals surface area contributed by atoms with E-state index in [0.29, 0.717) is 22.2 Å². The van der Waals surface area contributed by atoms with Gasteiger partial charge in [-0.05, 0) is 32.2 Å². The molecule has 2 aromatic heterocycles. The number of benzene rings is 2. The molecule has 3 heterocycles. The SMILES string of the molecule is C[C@H](C(=O)Nc1cccc2c(-c3nc(Nc4cccc(S(C)(=O)=O)c4F)ncc3F)c[nH]c12)N1CCN(C)CC1. The molecule has 2 aromatic carbocycles. The van der Waals surface area contributed by atoms with Crippen LogP contribution in [0.5, 0.6) is 0 Å². The van der Waals surface area contributed by atoms with Crippen LogP contribution in [0.2, 0.25) is 0 Å². The van der Waals surface area contributed by atoms with E-state index in [2.05, 4.69) is 42.4 Å². The second kappa shape index (κ2) is 10.9. The van der Waals surface area contributed by atoms with Crippen molar-refractivity contribution in [2.24, 2.45) is 0 Å². The van der Waals surface area contributed by atoms with Crippen molar-refractivity contribution in [1.82, 2.24) is 24.8 Å². The van der Waals surface area contributed by atoms with Crippen LogP contribution >= 0.6 is 0 Å². The predicted molar refractivity (Wildman–Crippen MR) is 149 cm³/mol. The number of anilines is 3. The third-order valence-electron chi connectivity index (χ3n) is 7.05. The van der Waals surface area contributed by atoms with Crippen LogP contribution in [0.4, 0.5) is 26.1 Å². The molecule has 1 saturated heterocycles. The number of H-pyrrole nitrogens is 1. The van der Waals surface area contributed by atoms with Crippen LogP contribution in [-0.4, -0.2) is 84.6 Å². The van der Waals surface area contributed by atoms with Gasteiger partial charge in [0.1, 0.15) is 10.6 Å². The average Bonchev–Trinajstić information content (AvgIpc) is 3.35.